The Kier molecular flexibility index (Phi) is 4.79. The highest BCUT2D eigenvalue weighted by Gasteiger charge is 2.29. The predicted molar refractivity (Wildman–Crippen MR) is 79.0 cm³/mol. The first-order valence-corrected chi connectivity index (χ1v) is 7.37. The minimum Gasteiger partial charge on any atom is -0.339 e. The molecule has 2 rings (SSSR count). The monoisotopic (exact) mass is 270 g/mol. The lowest BCUT2D eigenvalue weighted by atomic mass is 9.83. The molecule has 0 N–H and O–H groups in total. The van der Waals surface area contributed by atoms with Crippen molar-refractivity contribution in [2.75, 3.05) is 6.54 Å². The Hall–Kier alpha value is -1.82. The molecule has 0 bridgehead atoms. The largest absolute Gasteiger partial charge is 0.339 e. The summed E-state index contributed by atoms with van der Waals surface area (Å²) >= 11 is 0. The maximum Gasteiger partial charge on any atom is 0.226 e. The second-order valence-corrected chi connectivity index (χ2v) is 5.74. The van der Waals surface area contributed by atoms with E-state index in [0.29, 0.717) is 13.0 Å². The summed E-state index contributed by atoms with van der Waals surface area (Å²) in [6, 6.07) is 10.7. The van der Waals surface area contributed by atoms with E-state index in [4.69, 9.17) is 5.26 Å². The van der Waals surface area contributed by atoms with Gasteiger partial charge in [-0.15, -0.1) is 0 Å². The second kappa shape index (κ2) is 6.56. The fourth-order valence-corrected chi connectivity index (χ4v) is 2.94. The van der Waals surface area contributed by atoms with Crippen LogP contribution in [0.3, 0.4) is 0 Å². The van der Waals surface area contributed by atoms with Crippen LogP contribution in [0.5, 0.6) is 0 Å². The average molecular weight is 270 g/mol. The Labute approximate surface area is 121 Å². The third-order valence-electron chi connectivity index (χ3n) is 4.07. The fourth-order valence-electron chi connectivity index (χ4n) is 2.94. The molecule has 0 saturated heterocycles. The van der Waals surface area contributed by atoms with E-state index in [9.17, 15) is 4.79 Å². The Morgan fingerprint density at radius 3 is 2.75 bits per heavy atom. The topological polar surface area (TPSA) is 44.1 Å². The molecule has 1 atom stereocenters. The first kappa shape index (κ1) is 14.6. The van der Waals surface area contributed by atoms with Crippen molar-refractivity contribution in [3.05, 3.63) is 35.4 Å². The Morgan fingerprint density at radius 2 is 2.10 bits per heavy atom. The van der Waals surface area contributed by atoms with Crippen molar-refractivity contribution in [3.8, 4) is 6.07 Å². The molecule has 0 radical (unpaired) electrons. The molecule has 1 aromatic carbocycles. The molecule has 106 valence electrons. The molecule has 1 aromatic rings. The lowest BCUT2D eigenvalue weighted by Gasteiger charge is -2.32. The lowest BCUT2D eigenvalue weighted by Crippen LogP contribution is -2.43. The number of amides is 1. The van der Waals surface area contributed by atoms with Gasteiger partial charge in [-0.2, -0.15) is 5.26 Å². The Bertz CT molecular complexity index is 516. The molecule has 0 fully saturated rings. The number of nitrogens with zero attached hydrogens (tertiary/aromatic N) is 2. The summed E-state index contributed by atoms with van der Waals surface area (Å²) in [5.74, 6) is 0.288. The summed E-state index contributed by atoms with van der Waals surface area (Å²) in [7, 11) is 0. The van der Waals surface area contributed by atoms with E-state index in [1.54, 1.807) is 0 Å². The number of hydrogen-bond acceptors (Lipinski definition) is 2. The number of rotatable bonds is 4. The number of hydrogen-bond donors (Lipinski definition) is 0. The van der Waals surface area contributed by atoms with Crippen LogP contribution in [0, 0.1) is 17.2 Å². The number of carbonyl (C=O) groups excluding carboxylic acids is 1. The standard InChI is InChI=1S/C17H22N2O/c1-13(2)19(11-5-10-18)17(20)16-9-8-14-6-3-4-7-15(14)12-16/h3-4,6-7,13,16H,5,8-9,11-12H2,1-2H3. The highest BCUT2D eigenvalue weighted by atomic mass is 16.2. The van der Waals surface area contributed by atoms with E-state index in [1.165, 1.54) is 11.1 Å². The van der Waals surface area contributed by atoms with Gasteiger partial charge in [0, 0.05) is 18.5 Å². The smallest absolute Gasteiger partial charge is 0.226 e. The summed E-state index contributed by atoms with van der Waals surface area (Å²) in [4.78, 5) is 14.5. The van der Waals surface area contributed by atoms with Gasteiger partial charge in [0.05, 0.1) is 12.5 Å². The van der Waals surface area contributed by atoms with E-state index < -0.39 is 0 Å². The van der Waals surface area contributed by atoms with E-state index in [1.807, 2.05) is 24.8 Å². The minimum atomic E-state index is 0.0750. The average Bonchev–Trinajstić information content (AvgIpc) is 2.46. The summed E-state index contributed by atoms with van der Waals surface area (Å²) in [5.41, 5.74) is 2.69. The number of nitriles is 1. The molecule has 0 aromatic heterocycles. The van der Waals surface area contributed by atoms with Crippen LogP contribution >= 0.6 is 0 Å². The second-order valence-electron chi connectivity index (χ2n) is 5.74. The molecular formula is C17H22N2O. The highest BCUT2D eigenvalue weighted by Crippen LogP contribution is 2.27. The quantitative estimate of drug-likeness (QED) is 0.844. The van der Waals surface area contributed by atoms with Gasteiger partial charge in [-0.3, -0.25) is 4.79 Å². The zero-order chi connectivity index (χ0) is 14.5. The Balaban J connectivity index is 2.08. The van der Waals surface area contributed by atoms with Crippen LogP contribution in [0.15, 0.2) is 24.3 Å². The number of aryl methyl sites for hydroxylation is 1. The van der Waals surface area contributed by atoms with Crippen LogP contribution in [0.25, 0.3) is 0 Å². The van der Waals surface area contributed by atoms with Gasteiger partial charge in [0.15, 0.2) is 0 Å². The van der Waals surface area contributed by atoms with E-state index >= 15 is 0 Å². The van der Waals surface area contributed by atoms with Crippen LogP contribution in [0.4, 0.5) is 0 Å². The SMILES string of the molecule is CC(C)N(CCC#N)C(=O)C1CCc2ccccc2C1. The molecule has 1 amide bonds. The minimum absolute atomic E-state index is 0.0750. The number of benzene rings is 1. The van der Waals surface area contributed by atoms with Crippen LogP contribution < -0.4 is 0 Å². The zero-order valence-corrected chi connectivity index (χ0v) is 12.3. The van der Waals surface area contributed by atoms with Gasteiger partial charge in [0.25, 0.3) is 0 Å². The normalized spacial score (nSPS) is 17.4. The van der Waals surface area contributed by atoms with Crippen molar-refractivity contribution >= 4 is 5.91 Å². The molecule has 0 spiro atoms. The lowest BCUT2D eigenvalue weighted by molar-refractivity contribution is -0.137. The summed E-state index contributed by atoms with van der Waals surface area (Å²) in [5, 5.41) is 8.73. The van der Waals surface area contributed by atoms with Crippen LogP contribution in [0.1, 0.15) is 37.8 Å². The third-order valence-corrected chi connectivity index (χ3v) is 4.07. The molecule has 1 unspecified atom stereocenters. The van der Waals surface area contributed by atoms with Crippen molar-refractivity contribution in [3.63, 3.8) is 0 Å². The van der Waals surface area contributed by atoms with Gasteiger partial charge in [-0.25, -0.2) is 0 Å². The van der Waals surface area contributed by atoms with E-state index in [-0.39, 0.29) is 17.9 Å². The van der Waals surface area contributed by atoms with Gasteiger partial charge in [0.2, 0.25) is 5.91 Å². The molecule has 1 aliphatic rings. The molecule has 0 saturated carbocycles. The molecule has 1 aliphatic carbocycles. The molecular weight excluding hydrogens is 248 g/mol. The van der Waals surface area contributed by atoms with Gasteiger partial charge in [0.1, 0.15) is 0 Å². The summed E-state index contributed by atoms with van der Waals surface area (Å²) in [6.07, 6.45) is 3.15. The van der Waals surface area contributed by atoms with Crippen molar-refractivity contribution < 1.29 is 4.79 Å². The molecule has 3 heteroatoms. The van der Waals surface area contributed by atoms with Crippen molar-refractivity contribution in [1.82, 2.24) is 4.90 Å². The molecule has 0 heterocycles. The fraction of sp³-hybridized carbons (Fsp3) is 0.529. The van der Waals surface area contributed by atoms with Crippen LogP contribution in [0.2, 0.25) is 0 Å². The number of fused-ring (bicyclic) bond motifs is 1. The third kappa shape index (κ3) is 3.19. The summed E-state index contributed by atoms with van der Waals surface area (Å²) < 4.78 is 0. The van der Waals surface area contributed by atoms with Crippen molar-refractivity contribution in [2.45, 2.75) is 45.6 Å². The number of carbonyl (C=O) groups is 1. The van der Waals surface area contributed by atoms with Crippen molar-refractivity contribution in [2.24, 2.45) is 5.92 Å². The zero-order valence-electron chi connectivity index (χ0n) is 12.3. The predicted octanol–water partition coefficient (Wildman–Crippen LogP) is 2.94. The van der Waals surface area contributed by atoms with E-state index in [0.717, 1.165) is 19.3 Å². The van der Waals surface area contributed by atoms with Gasteiger partial charge >= 0.3 is 0 Å². The Morgan fingerprint density at radius 1 is 1.40 bits per heavy atom. The molecule has 3 nitrogen and oxygen atoms in total. The van der Waals surface area contributed by atoms with Gasteiger partial charge in [-0.1, -0.05) is 24.3 Å². The van der Waals surface area contributed by atoms with Crippen molar-refractivity contribution in [1.29, 1.82) is 5.26 Å². The molecule has 20 heavy (non-hydrogen) atoms. The van der Waals surface area contributed by atoms with Gasteiger partial charge in [-0.05, 0) is 44.2 Å². The molecule has 0 aliphatic heterocycles. The van der Waals surface area contributed by atoms with Crippen LogP contribution in [-0.4, -0.2) is 23.4 Å². The van der Waals surface area contributed by atoms with Crippen LogP contribution in [-0.2, 0) is 17.6 Å². The highest BCUT2D eigenvalue weighted by molar-refractivity contribution is 5.79. The summed E-state index contributed by atoms with van der Waals surface area (Å²) in [6.45, 7) is 4.59. The maximum absolute atomic E-state index is 12.7. The first-order valence-electron chi connectivity index (χ1n) is 7.37. The van der Waals surface area contributed by atoms with E-state index in [2.05, 4.69) is 24.3 Å². The first-order chi connectivity index (χ1) is 9.63. The maximum atomic E-state index is 12.7. The van der Waals surface area contributed by atoms with Gasteiger partial charge < -0.3 is 4.90 Å².